The van der Waals surface area contributed by atoms with Gasteiger partial charge in [0.15, 0.2) is 0 Å². The van der Waals surface area contributed by atoms with Gasteiger partial charge in [0.05, 0.1) is 0 Å². The van der Waals surface area contributed by atoms with E-state index in [2.05, 4.69) is 27.5 Å². The summed E-state index contributed by atoms with van der Waals surface area (Å²) in [4.78, 5) is 16.2. The van der Waals surface area contributed by atoms with E-state index < -0.39 is 0 Å². The lowest BCUT2D eigenvalue weighted by atomic mass is 10.1. The number of anilines is 1. The second-order valence-electron chi connectivity index (χ2n) is 4.76. The third-order valence-electron chi connectivity index (χ3n) is 3.19. The highest BCUT2D eigenvalue weighted by molar-refractivity contribution is 7.17. The predicted molar refractivity (Wildman–Crippen MR) is 72.0 cm³/mol. The van der Waals surface area contributed by atoms with E-state index in [0.717, 1.165) is 26.1 Å². The van der Waals surface area contributed by atoms with Crippen molar-refractivity contribution in [1.82, 2.24) is 20.0 Å². The molecule has 1 aromatic heterocycles. The van der Waals surface area contributed by atoms with Gasteiger partial charge >= 0.3 is 0 Å². The van der Waals surface area contributed by atoms with Gasteiger partial charge in [0.2, 0.25) is 10.1 Å². The van der Waals surface area contributed by atoms with E-state index in [0.29, 0.717) is 16.1 Å². The fourth-order valence-electron chi connectivity index (χ4n) is 2.22. The van der Waals surface area contributed by atoms with Crippen LogP contribution in [-0.2, 0) is 0 Å². The van der Waals surface area contributed by atoms with Crippen LogP contribution in [0.2, 0.25) is 0 Å². The summed E-state index contributed by atoms with van der Waals surface area (Å²) in [5.41, 5.74) is 0. The first-order chi connectivity index (χ1) is 8.60. The molecule has 1 aromatic rings. The molecule has 0 aromatic carbocycles. The minimum atomic E-state index is -0.0384. The number of amides is 1. The zero-order chi connectivity index (χ0) is 13.1. The highest BCUT2D eigenvalue weighted by Crippen LogP contribution is 2.19. The maximum atomic E-state index is 12.1. The molecule has 1 amide bonds. The van der Waals surface area contributed by atoms with Crippen molar-refractivity contribution in [2.24, 2.45) is 5.92 Å². The summed E-state index contributed by atoms with van der Waals surface area (Å²) in [6, 6.07) is 0. The molecule has 18 heavy (non-hydrogen) atoms. The van der Waals surface area contributed by atoms with E-state index in [9.17, 15) is 4.79 Å². The normalized spacial score (nSPS) is 20.1. The molecule has 0 saturated carbocycles. The van der Waals surface area contributed by atoms with E-state index in [1.54, 1.807) is 11.9 Å². The van der Waals surface area contributed by atoms with Crippen molar-refractivity contribution in [3.8, 4) is 0 Å². The van der Waals surface area contributed by atoms with E-state index >= 15 is 0 Å². The van der Waals surface area contributed by atoms with Crippen molar-refractivity contribution in [2.45, 2.75) is 6.42 Å². The van der Waals surface area contributed by atoms with Crippen molar-refractivity contribution >= 4 is 22.4 Å². The average molecular weight is 269 g/mol. The Morgan fingerprint density at radius 1 is 1.61 bits per heavy atom. The van der Waals surface area contributed by atoms with E-state index in [1.807, 2.05) is 7.05 Å². The lowest BCUT2D eigenvalue weighted by molar-refractivity contribution is 0.0773. The van der Waals surface area contributed by atoms with Gasteiger partial charge in [0.25, 0.3) is 5.91 Å². The first-order valence-electron chi connectivity index (χ1n) is 6.05. The maximum Gasteiger partial charge on any atom is 0.284 e. The quantitative estimate of drug-likeness (QED) is 0.867. The van der Waals surface area contributed by atoms with Gasteiger partial charge in [-0.15, -0.1) is 10.2 Å². The third-order valence-corrected chi connectivity index (χ3v) is 4.12. The molecule has 0 aliphatic carbocycles. The molecule has 2 rings (SSSR count). The summed E-state index contributed by atoms with van der Waals surface area (Å²) >= 11 is 1.29. The Kier molecular flexibility index (Phi) is 4.13. The fraction of sp³-hybridized carbons (Fsp3) is 0.727. The fourth-order valence-corrected chi connectivity index (χ4v) is 2.91. The minimum absolute atomic E-state index is 0.0384. The molecular weight excluding hydrogens is 250 g/mol. The van der Waals surface area contributed by atoms with Crippen LogP contribution in [0.4, 0.5) is 5.13 Å². The molecule has 1 N–H and O–H groups in total. The molecule has 0 spiro atoms. The molecule has 1 aliphatic heterocycles. The highest BCUT2D eigenvalue weighted by atomic mass is 32.1. The molecule has 100 valence electrons. The summed E-state index contributed by atoms with van der Waals surface area (Å²) in [7, 11) is 5.72. The molecule has 0 bridgehead atoms. The summed E-state index contributed by atoms with van der Waals surface area (Å²) < 4.78 is 0. The van der Waals surface area contributed by atoms with Gasteiger partial charge in [-0.25, -0.2) is 0 Å². The van der Waals surface area contributed by atoms with Crippen molar-refractivity contribution < 1.29 is 4.79 Å². The summed E-state index contributed by atoms with van der Waals surface area (Å²) in [6.07, 6.45) is 1.16. The minimum Gasteiger partial charge on any atom is -0.363 e. The Morgan fingerprint density at radius 2 is 2.39 bits per heavy atom. The van der Waals surface area contributed by atoms with Gasteiger partial charge in [-0.3, -0.25) is 4.79 Å². The van der Waals surface area contributed by atoms with Gasteiger partial charge in [-0.2, -0.15) is 0 Å². The number of rotatable bonds is 4. The van der Waals surface area contributed by atoms with Crippen LogP contribution in [0, 0.1) is 5.92 Å². The number of nitrogens with one attached hydrogen (secondary N) is 1. The molecule has 1 atom stereocenters. The van der Waals surface area contributed by atoms with E-state index in [4.69, 9.17) is 0 Å². The number of nitrogens with zero attached hydrogens (tertiary/aromatic N) is 4. The Morgan fingerprint density at radius 3 is 2.94 bits per heavy atom. The van der Waals surface area contributed by atoms with Gasteiger partial charge in [-0.05, 0) is 25.9 Å². The van der Waals surface area contributed by atoms with Gasteiger partial charge in [-0.1, -0.05) is 11.3 Å². The van der Waals surface area contributed by atoms with Crippen LogP contribution in [0.1, 0.15) is 16.2 Å². The first-order valence-corrected chi connectivity index (χ1v) is 6.87. The monoisotopic (exact) mass is 269 g/mol. The van der Waals surface area contributed by atoms with Crippen LogP contribution in [0.25, 0.3) is 0 Å². The van der Waals surface area contributed by atoms with Crippen LogP contribution in [0.3, 0.4) is 0 Å². The second kappa shape index (κ2) is 5.62. The number of hydrogen-bond donors (Lipinski definition) is 1. The molecule has 1 saturated heterocycles. The number of carbonyl (C=O) groups is 1. The van der Waals surface area contributed by atoms with Crippen molar-refractivity contribution in [1.29, 1.82) is 0 Å². The maximum absolute atomic E-state index is 12.1. The van der Waals surface area contributed by atoms with Crippen LogP contribution in [0.5, 0.6) is 0 Å². The largest absolute Gasteiger partial charge is 0.363 e. The van der Waals surface area contributed by atoms with Crippen LogP contribution >= 0.6 is 11.3 Å². The lowest BCUT2D eigenvalue weighted by Crippen LogP contribution is -2.32. The standard InChI is InChI=1S/C11H19N5OS/c1-12-11-14-13-9(18-11)10(17)16(3)7-8-4-5-15(2)6-8/h8H,4-7H2,1-3H3,(H,12,14). The lowest BCUT2D eigenvalue weighted by Gasteiger charge is -2.19. The van der Waals surface area contributed by atoms with Crippen LogP contribution in [-0.4, -0.2) is 66.7 Å². The zero-order valence-corrected chi connectivity index (χ0v) is 11.8. The number of aromatic nitrogens is 2. The van der Waals surface area contributed by atoms with Crippen LogP contribution in [0.15, 0.2) is 0 Å². The van der Waals surface area contributed by atoms with Crippen molar-refractivity contribution in [2.75, 3.05) is 46.1 Å². The topological polar surface area (TPSA) is 61.4 Å². The van der Waals surface area contributed by atoms with Crippen molar-refractivity contribution in [3.05, 3.63) is 5.01 Å². The number of carbonyl (C=O) groups excluding carboxylic acids is 1. The molecule has 1 unspecified atom stereocenters. The van der Waals surface area contributed by atoms with Crippen molar-refractivity contribution in [3.63, 3.8) is 0 Å². The SMILES string of the molecule is CNc1nnc(C(=O)N(C)CC2CCN(C)C2)s1. The van der Waals surface area contributed by atoms with E-state index in [-0.39, 0.29) is 5.91 Å². The molecule has 7 heteroatoms. The summed E-state index contributed by atoms with van der Waals surface area (Å²) in [5, 5.41) is 11.8. The first kappa shape index (κ1) is 13.2. The number of likely N-dealkylation sites (tertiary alicyclic amines) is 1. The summed E-state index contributed by atoms with van der Waals surface area (Å²) in [6.45, 7) is 2.97. The molecular formula is C11H19N5OS. The third kappa shape index (κ3) is 2.97. The molecule has 1 aliphatic rings. The second-order valence-corrected chi connectivity index (χ2v) is 5.74. The zero-order valence-electron chi connectivity index (χ0n) is 11.0. The molecule has 0 radical (unpaired) electrons. The Labute approximate surface area is 111 Å². The smallest absolute Gasteiger partial charge is 0.284 e. The van der Waals surface area contributed by atoms with E-state index in [1.165, 1.54) is 11.3 Å². The summed E-state index contributed by atoms with van der Waals surface area (Å²) in [5.74, 6) is 0.532. The van der Waals surface area contributed by atoms with Gasteiger partial charge in [0, 0.05) is 27.2 Å². The molecule has 2 heterocycles. The van der Waals surface area contributed by atoms with Gasteiger partial charge < -0.3 is 15.1 Å². The predicted octanol–water partition coefficient (Wildman–Crippen LogP) is 0.603. The van der Waals surface area contributed by atoms with Gasteiger partial charge in [0.1, 0.15) is 0 Å². The molecule has 6 nitrogen and oxygen atoms in total. The van der Waals surface area contributed by atoms with Crippen LogP contribution < -0.4 is 5.32 Å². The molecule has 1 fully saturated rings. The highest BCUT2D eigenvalue weighted by Gasteiger charge is 2.24. The Balaban J connectivity index is 1.92. The Bertz CT molecular complexity index is 421. The number of hydrogen-bond acceptors (Lipinski definition) is 6. The average Bonchev–Trinajstić information content (AvgIpc) is 2.97. The Hall–Kier alpha value is -1.21.